The second kappa shape index (κ2) is 14.9. The van der Waals surface area contributed by atoms with Gasteiger partial charge < -0.3 is 4.57 Å². The average Bonchev–Trinajstić information content (AvgIpc) is 3.50. The Morgan fingerprint density at radius 2 is 0.880 bits per heavy atom. The van der Waals surface area contributed by atoms with Crippen molar-refractivity contribution in [1.29, 1.82) is 0 Å². The Labute approximate surface area is 295 Å². The maximum Gasteiger partial charge on any atom is 0.0547 e. The molecule has 1 heteroatoms. The Balaban J connectivity index is 0.000000177. The van der Waals surface area contributed by atoms with Crippen molar-refractivity contribution in [1.82, 2.24) is 4.57 Å². The molecule has 0 aliphatic rings. The van der Waals surface area contributed by atoms with Crippen LogP contribution in [-0.4, -0.2) is 4.57 Å². The van der Waals surface area contributed by atoms with Crippen LogP contribution in [-0.2, 0) is 0 Å². The van der Waals surface area contributed by atoms with Gasteiger partial charge >= 0.3 is 0 Å². The summed E-state index contributed by atoms with van der Waals surface area (Å²) >= 11 is 0. The van der Waals surface area contributed by atoms with Crippen LogP contribution in [0.1, 0.15) is 16.7 Å². The molecule has 1 aromatic heterocycles. The van der Waals surface area contributed by atoms with Crippen molar-refractivity contribution in [2.45, 2.75) is 20.8 Å². The number of hydrogen-bond donors (Lipinski definition) is 0. The van der Waals surface area contributed by atoms with Crippen LogP contribution in [0.5, 0.6) is 0 Å². The van der Waals surface area contributed by atoms with E-state index in [0.29, 0.717) is 0 Å². The minimum absolute atomic E-state index is 1.18. The summed E-state index contributed by atoms with van der Waals surface area (Å²) in [7, 11) is 0. The molecule has 0 radical (unpaired) electrons. The summed E-state index contributed by atoms with van der Waals surface area (Å²) in [6.45, 7) is 6.37. The van der Waals surface area contributed by atoms with Crippen molar-refractivity contribution in [2.24, 2.45) is 0 Å². The van der Waals surface area contributed by atoms with E-state index in [0.717, 1.165) is 0 Å². The first-order valence-electron chi connectivity index (χ1n) is 17.3. The summed E-state index contributed by atoms with van der Waals surface area (Å²) in [6.07, 6.45) is 0. The van der Waals surface area contributed by atoms with E-state index in [4.69, 9.17) is 0 Å². The van der Waals surface area contributed by atoms with Gasteiger partial charge in [0.25, 0.3) is 0 Å². The van der Waals surface area contributed by atoms with Crippen molar-refractivity contribution in [3.63, 3.8) is 0 Å². The Bertz CT molecular complexity index is 2500. The van der Waals surface area contributed by atoms with E-state index in [1.807, 2.05) is 18.2 Å². The van der Waals surface area contributed by atoms with Gasteiger partial charge in [0.05, 0.1) is 11.0 Å². The van der Waals surface area contributed by atoms with Crippen molar-refractivity contribution in [3.8, 4) is 27.9 Å². The lowest BCUT2D eigenvalue weighted by atomic mass is 9.93. The van der Waals surface area contributed by atoms with Crippen LogP contribution < -0.4 is 0 Å². The quantitative estimate of drug-likeness (QED) is 0.181. The van der Waals surface area contributed by atoms with Gasteiger partial charge in [-0.1, -0.05) is 181 Å². The third kappa shape index (κ3) is 6.99. The van der Waals surface area contributed by atoms with Crippen LogP contribution in [0.4, 0.5) is 0 Å². The van der Waals surface area contributed by atoms with Crippen molar-refractivity contribution in [2.75, 3.05) is 0 Å². The van der Waals surface area contributed by atoms with Gasteiger partial charge in [-0.3, -0.25) is 0 Å². The molecule has 0 saturated heterocycles. The van der Waals surface area contributed by atoms with Gasteiger partial charge in [-0.05, 0) is 83.6 Å². The Hall–Kier alpha value is -6.18. The molecule has 1 heterocycles. The number of benzene rings is 8. The number of rotatable bonds is 3. The molecule has 9 rings (SSSR count). The van der Waals surface area contributed by atoms with Crippen molar-refractivity contribution < 1.29 is 0 Å². The molecule has 0 saturated carbocycles. The van der Waals surface area contributed by atoms with Crippen LogP contribution in [0.3, 0.4) is 0 Å². The van der Waals surface area contributed by atoms with Gasteiger partial charge in [0.1, 0.15) is 0 Å². The van der Waals surface area contributed by atoms with E-state index in [2.05, 4.69) is 201 Å². The third-order valence-electron chi connectivity index (χ3n) is 9.20. The third-order valence-corrected chi connectivity index (χ3v) is 9.20. The first-order valence-corrected chi connectivity index (χ1v) is 17.3. The summed E-state index contributed by atoms with van der Waals surface area (Å²) in [5.74, 6) is 0. The molecule has 0 unspecified atom stereocenters. The zero-order valence-electron chi connectivity index (χ0n) is 28.9. The minimum Gasteiger partial charge on any atom is -0.309 e. The number of aromatic nitrogens is 1. The maximum atomic E-state index is 2.38. The van der Waals surface area contributed by atoms with E-state index in [1.54, 1.807) is 0 Å². The summed E-state index contributed by atoms with van der Waals surface area (Å²) in [6, 6.07) is 68.7. The molecule has 8 aromatic carbocycles. The lowest BCUT2D eigenvalue weighted by Crippen LogP contribution is -1.93. The highest BCUT2D eigenvalue weighted by molar-refractivity contribution is 6.10. The first-order chi connectivity index (χ1) is 24.6. The summed E-state index contributed by atoms with van der Waals surface area (Å²) < 4.78 is 2.38. The van der Waals surface area contributed by atoms with Gasteiger partial charge in [-0.2, -0.15) is 0 Å². The van der Waals surface area contributed by atoms with Crippen LogP contribution in [0.2, 0.25) is 0 Å². The molecular weight excluding hydrogens is 603 g/mol. The highest BCUT2D eigenvalue weighted by Crippen LogP contribution is 2.37. The largest absolute Gasteiger partial charge is 0.309 e. The fourth-order valence-electron chi connectivity index (χ4n) is 6.71. The Morgan fingerprint density at radius 3 is 1.56 bits per heavy atom. The van der Waals surface area contributed by atoms with E-state index >= 15 is 0 Å². The van der Waals surface area contributed by atoms with Crippen LogP contribution in [0, 0.1) is 20.8 Å². The van der Waals surface area contributed by atoms with E-state index in [9.17, 15) is 0 Å². The molecule has 0 aliphatic carbocycles. The van der Waals surface area contributed by atoms with E-state index < -0.39 is 0 Å². The van der Waals surface area contributed by atoms with Crippen molar-refractivity contribution >= 4 is 32.6 Å². The standard InChI is InChI=1S/C31H23N.C11H10.C7H8/c1-22-10-9-11-23(20-22)26-14-5-6-15-27(26)24-18-19-29-28-16-7-8-17-30(28)32(31(29)21-24)25-12-3-2-4-13-25;1-9-5-4-7-10-6-2-3-8-11(9)10;1-7-5-3-2-4-6-7/h2-21H,1H3;2-8H,1H3;2-6H,1H3. The van der Waals surface area contributed by atoms with Gasteiger partial charge in [0.15, 0.2) is 0 Å². The number of aryl methyl sites for hydroxylation is 3. The number of fused-ring (bicyclic) bond motifs is 4. The highest BCUT2D eigenvalue weighted by atomic mass is 15.0. The molecule has 242 valence electrons. The average molecular weight is 644 g/mol. The molecule has 9 aromatic rings. The fourth-order valence-corrected chi connectivity index (χ4v) is 6.71. The SMILES string of the molecule is Cc1cccc(-c2ccccc2-c2ccc3c4ccccc4n(-c4ccccc4)c3c2)c1.Cc1cccc2ccccc12.Cc1ccccc1. The normalized spacial score (nSPS) is 10.7. The fraction of sp³-hybridized carbons (Fsp3) is 0.0612. The molecule has 0 amide bonds. The van der Waals surface area contributed by atoms with E-state index in [-0.39, 0.29) is 0 Å². The Morgan fingerprint density at radius 1 is 0.340 bits per heavy atom. The molecule has 0 aliphatic heterocycles. The topological polar surface area (TPSA) is 4.93 Å². The zero-order chi connectivity index (χ0) is 34.3. The van der Waals surface area contributed by atoms with Gasteiger partial charge in [-0.25, -0.2) is 0 Å². The van der Waals surface area contributed by atoms with Gasteiger partial charge in [0, 0.05) is 16.5 Å². The second-order valence-corrected chi connectivity index (χ2v) is 12.8. The van der Waals surface area contributed by atoms with Gasteiger partial charge in [0.2, 0.25) is 0 Å². The summed E-state index contributed by atoms with van der Waals surface area (Å²) in [4.78, 5) is 0. The molecule has 50 heavy (non-hydrogen) atoms. The monoisotopic (exact) mass is 643 g/mol. The molecular formula is C49H41N. The summed E-state index contributed by atoms with van der Waals surface area (Å²) in [5.41, 5.74) is 12.6. The van der Waals surface area contributed by atoms with Crippen molar-refractivity contribution in [3.05, 3.63) is 211 Å². The van der Waals surface area contributed by atoms with Crippen LogP contribution in [0.25, 0.3) is 60.5 Å². The predicted octanol–water partition coefficient (Wildman–Crippen LogP) is 13.6. The lowest BCUT2D eigenvalue weighted by molar-refractivity contribution is 1.18. The first kappa shape index (κ1) is 32.4. The molecule has 0 N–H and O–H groups in total. The van der Waals surface area contributed by atoms with Gasteiger partial charge in [-0.15, -0.1) is 0 Å². The molecule has 1 nitrogen and oxygen atoms in total. The molecule has 0 spiro atoms. The number of hydrogen-bond acceptors (Lipinski definition) is 0. The lowest BCUT2D eigenvalue weighted by Gasteiger charge is -2.12. The predicted molar refractivity (Wildman–Crippen MR) is 216 cm³/mol. The molecule has 0 fully saturated rings. The second-order valence-electron chi connectivity index (χ2n) is 12.8. The highest BCUT2D eigenvalue weighted by Gasteiger charge is 2.14. The Kier molecular flexibility index (Phi) is 9.67. The summed E-state index contributed by atoms with van der Waals surface area (Å²) in [5, 5.41) is 5.24. The van der Waals surface area contributed by atoms with Crippen LogP contribution >= 0.6 is 0 Å². The molecule has 0 bridgehead atoms. The maximum absolute atomic E-state index is 2.38. The minimum atomic E-state index is 1.18. The molecule has 0 atom stereocenters. The zero-order valence-corrected chi connectivity index (χ0v) is 28.9. The number of nitrogens with zero attached hydrogens (tertiary/aromatic N) is 1. The van der Waals surface area contributed by atoms with E-state index in [1.165, 1.54) is 77.2 Å². The van der Waals surface area contributed by atoms with Crippen LogP contribution in [0.15, 0.2) is 194 Å². The smallest absolute Gasteiger partial charge is 0.0547 e. The number of para-hydroxylation sites is 2.